The van der Waals surface area contributed by atoms with E-state index in [9.17, 15) is 14.4 Å². The minimum Gasteiger partial charge on any atom is -0.462 e. The van der Waals surface area contributed by atoms with Gasteiger partial charge in [0, 0.05) is 19.3 Å². The Morgan fingerprint density at radius 3 is 0.985 bits per heavy atom. The molecule has 65 heavy (non-hydrogen) atoms. The number of ether oxygens (including phenoxy) is 3. The quantitative estimate of drug-likeness (QED) is 0.0262. The summed E-state index contributed by atoms with van der Waals surface area (Å²) in [5.41, 5.74) is 0. The number of carbonyl (C=O) groups excluding carboxylic acids is 3. The van der Waals surface area contributed by atoms with Crippen LogP contribution >= 0.6 is 0 Å². The first-order chi connectivity index (χ1) is 32.0. The highest BCUT2D eigenvalue weighted by atomic mass is 16.6. The first-order valence-corrected chi connectivity index (χ1v) is 27.1. The van der Waals surface area contributed by atoms with Crippen molar-refractivity contribution in [2.45, 2.75) is 258 Å². The molecule has 0 aliphatic carbocycles. The third kappa shape index (κ3) is 51.4. The van der Waals surface area contributed by atoms with Crippen molar-refractivity contribution in [3.8, 4) is 0 Å². The first kappa shape index (κ1) is 61.6. The van der Waals surface area contributed by atoms with E-state index in [1.165, 1.54) is 96.3 Å². The second-order valence-corrected chi connectivity index (χ2v) is 17.7. The maximum atomic E-state index is 12.8. The lowest BCUT2D eigenvalue weighted by Gasteiger charge is -2.18. The standard InChI is InChI=1S/C59H100O6/c1-4-7-10-13-16-19-22-25-27-29-31-34-37-40-43-46-49-52-58(61)64-55-56(54-63-57(60)51-48-45-42-39-36-33-24-21-18-15-12-9-6-3)65-59(62)53-50-47-44-41-38-35-32-30-28-26-23-20-17-14-11-8-5-2/h7,10,16-17,19-21,24-28,31,34,56H,4-6,8-9,11-15,18,22-23,29-30,32-33,35-55H2,1-3H3/b10-7-,19-16-,20-17-,24-21-,27-25-,28-26-,34-31-. The van der Waals surface area contributed by atoms with Gasteiger partial charge in [0.25, 0.3) is 0 Å². The molecule has 0 saturated carbocycles. The summed E-state index contributed by atoms with van der Waals surface area (Å²) in [4.78, 5) is 38.1. The fourth-order valence-electron chi connectivity index (χ4n) is 7.28. The van der Waals surface area contributed by atoms with Gasteiger partial charge in [-0.05, 0) is 116 Å². The van der Waals surface area contributed by atoms with Crippen LogP contribution in [-0.2, 0) is 28.6 Å². The van der Waals surface area contributed by atoms with Gasteiger partial charge in [0.05, 0.1) is 0 Å². The molecule has 0 heterocycles. The highest BCUT2D eigenvalue weighted by Crippen LogP contribution is 2.14. The van der Waals surface area contributed by atoms with E-state index in [0.29, 0.717) is 19.3 Å². The number of esters is 3. The molecule has 1 atom stereocenters. The summed E-state index contributed by atoms with van der Waals surface area (Å²) in [7, 11) is 0. The highest BCUT2D eigenvalue weighted by Gasteiger charge is 2.19. The van der Waals surface area contributed by atoms with Crippen LogP contribution in [0.3, 0.4) is 0 Å². The molecule has 0 N–H and O–H groups in total. The van der Waals surface area contributed by atoms with Crippen LogP contribution in [0.4, 0.5) is 0 Å². The smallest absolute Gasteiger partial charge is 0.306 e. The molecule has 0 spiro atoms. The van der Waals surface area contributed by atoms with Gasteiger partial charge in [-0.15, -0.1) is 0 Å². The Bertz CT molecular complexity index is 1270. The lowest BCUT2D eigenvalue weighted by Crippen LogP contribution is -2.30. The monoisotopic (exact) mass is 905 g/mol. The van der Waals surface area contributed by atoms with E-state index in [1.807, 2.05) is 0 Å². The summed E-state index contributed by atoms with van der Waals surface area (Å²) in [6, 6.07) is 0. The van der Waals surface area contributed by atoms with Gasteiger partial charge in [-0.2, -0.15) is 0 Å². The van der Waals surface area contributed by atoms with Crippen LogP contribution in [0.15, 0.2) is 85.1 Å². The van der Waals surface area contributed by atoms with Crippen molar-refractivity contribution in [1.82, 2.24) is 0 Å². The maximum absolute atomic E-state index is 12.8. The zero-order chi connectivity index (χ0) is 47.2. The molecule has 0 aliphatic heterocycles. The molecule has 6 heteroatoms. The normalized spacial score (nSPS) is 12.7. The average molecular weight is 905 g/mol. The van der Waals surface area contributed by atoms with Crippen molar-refractivity contribution in [1.29, 1.82) is 0 Å². The Morgan fingerprint density at radius 2 is 0.600 bits per heavy atom. The van der Waals surface area contributed by atoms with E-state index in [4.69, 9.17) is 14.2 Å². The van der Waals surface area contributed by atoms with Gasteiger partial charge >= 0.3 is 17.9 Å². The topological polar surface area (TPSA) is 78.9 Å². The Morgan fingerprint density at radius 1 is 0.323 bits per heavy atom. The van der Waals surface area contributed by atoms with Crippen LogP contribution in [0.5, 0.6) is 0 Å². The Balaban J connectivity index is 4.45. The van der Waals surface area contributed by atoms with Gasteiger partial charge in [-0.1, -0.05) is 202 Å². The van der Waals surface area contributed by atoms with Gasteiger partial charge in [0.15, 0.2) is 6.10 Å². The molecule has 0 aromatic rings. The number of rotatable bonds is 48. The molecular weight excluding hydrogens is 805 g/mol. The Kier molecular flexibility index (Phi) is 50.4. The van der Waals surface area contributed by atoms with Gasteiger partial charge in [0.2, 0.25) is 0 Å². The SMILES string of the molecule is CC/C=C\C/C=C\C/C=C\C/C=C\CCCCCCC(=O)OCC(COC(=O)CCCCCCC/C=C\CCCCCC)OC(=O)CCCCCCCCC/C=C\C/C=C\CCCCC. The largest absolute Gasteiger partial charge is 0.462 e. The zero-order valence-electron chi connectivity index (χ0n) is 42.5. The molecule has 0 amide bonds. The summed E-state index contributed by atoms with van der Waals surface area (Å²) >= 11 is 0. The third-order valence-corrected chi connectivity index (χ3v) is 11.4. The second kappa shape index (κ2) is 53.2. The molecule has 0 aromatic carbocycles. The van der Waals surface area contributed by atoms with Crippen molar-refractivity contribution in [3.63, 3.8) is 0 Å². The van der Waals surface area contributed by atoms with Crippen LogP contribution in [0.2, 0.25) is 0 Å². The van der Waals surface area contributed by atoms with Crippen LogP contribution in [-0.4, -0.2) is 37.2 Å². The van der Waals surface area contributed by atoms with E-state index in [1.54, 1.807) is 0 Å². The van der Waals surface area contributed by atoms with Crippen molar-refractivity contribution in [2.24, 2.45) is 0 Å². The van der Waals surface area contributed by atoms with Crippen molar-refractivity contribution >= 4 is 17.9 Å². The van der Waals surface area contributed by atoms with E-state index >= 15 is 0 Å². The molecule has 6 nitrogen and oxygen atoms in total. The molecule has 0 bridgehead atoms. The zero-order valence-corrected chi connectivity index (χ0v) is 42.5. The van der Waals surface area contributed by atoms with Crippen LogP contribution < -0.4 is 0 Å². The first-order valence-electron chi connectivity index (χ1n) is 27.1. The summed E-state index contributed by atoms with van der Waals surface area (Å²) in [6.45, 7) is 6.45. The summed E-state index contributed by atoms with van der Waals surface area (Å²) in [5.74, 6) is -0.931. The molecule has 0 aromatic heterocycles. The second-order valence-electron chi connectivity index (χ2n) is 17.7. The molecule has 0 saturated heterocycles. The third-order valence-electron chi connectivity index (χ3n) is 11.4. The molecule has 0 fully saturated rings. The maximum Gasteiger partial charge on any atom is 0.306 e. The highest BCUT2D eigenvalue weighted by molar-refractivity contribution is 5.71. The molecule has 0 aliphatic rings. The van der Waals surface area contributed by atoms with Crippen molar-refractivity contribution < 1.29 is 28.6 Å². The number of hydrogen-bond donors (Lipinski definition) is 0. The number of carbonyl (C=O) groups is 3. The van der Waals surface area contributed by atoms with Crippen LogP contribution in [0, 0.1) is 0 Å². The number of unbranched alkanes of at least 4 members (excludes halogenated alkanes) is 23. The predicted molar refractivity (Wildman–Crippen MR) is 279 cm³/mol. The van der Waals surface area contributed by atoms with E-state index in [-0.39, 0.29) is 31.1 Å². The van der Waals surface area contributed by atoms with Gasteiger partial charge < -0.3 is 14.2 Å². The summed E-state index contributed by atoms with van der Waals surface area (Å²) < 4.78 is 16.8. The summed E-state index contributed by atoms with van der Waals surface area (Å²) in [5, 5.41) is 0. The van der Waals surface area contributed by atoms with Crippen molar-refractivity contribution in [2.75, 3.05) is 13.2 Å². The van der Waals surface area contributed by atoms with E-state index in [2.05, 4.69) is 106 Å². The van der Waals surface area contributed by atoms with E-state index < -0.39 is 6.10 Å². The summed E-state index contributed by atoms with van der Waals surface area (Å²) in [6.07, 6.45) is 68.5. The van der Waals surface area contributed by atoms with Gasteiger partial charge in [-0.3, -0.25) is 14.4 Å². The van der Waals surface area contributed by atoms with Crippen molar-refractivity contribution in [3.05, 3.63) is 85.1 Å². The van der Waals surface area contributed by atoms with Crippen LogP contribution in [0.25, 0.3) is 0 Å². The number of allylic oxidation sites excluding steroid dienone is 14. The molecule has 1 unspecified atom stereocenters. The molecule has 0 radical (unpaired) electrons. The minimum absolute atomic E-state index is 0.0924. The van der Waals surface area contributed by atoms with E-state index in [0.717, 1.165) is 116 Å². The lowest BCUT2D eigenvalue weighted by atomic mass is 10.1. The lowest BCUT2D eigenvalue weighted by molar-refractivity contribution is -0.167. The average Bonchev–Trinajstić information content (AvgIpc) is 3.30. The molecular formula is C59H100O6. The van der Waals surface area contributed by atoms with Gasteiger partial charge in [0.1, 0.15) is 13.2 Å². The van der Waals surface area contributed by atoms with Gasteiger partial charge in [-0.25, -0.2) is 0 Å². The number of hydrogen-bond acceptors (Lipinski definition) is 6. The van der Waals surface area contributed by atoms with Crippen LogP contribution in [0.1, 0.15) is 252 Å². The Hall–Kier alpha value is -3.41. The molecule has 372 valence electrons. The fourth-order valence-corrected chi connectivity index (χ4v) is 7.28. The molecule has 0 rings (SSSR count). The minimum atomic E-state index is -0.794. The fraction of sp³-hybridized carbons (Fsp3) is 0.712. The Labute approximate surface area is 401 Å². The predicted octanol–water partition coefficient (Wildman–Crippen LogP) is 18.0.